The number of unbranched alkanes of at least 4 members (excludes halogenated alkanes) is 1. The largest absolute Gasteiger partial charge is 0.445 e. The van der Waals surface area contributed by atoms with Crippen LogP contribution in [0.4, 0.5) is 4.79 Å². The van der Waals surface area contributed by atoms with Crippen molar-refractivity contribution in [3.8, 4) is 0 Å². The highest BCUT2D eigenvalue weighted by molar-refractivity contribution is 7.58. The van der Waals surface area contributed by atoms with Gasteiger partial charge >= 0.3 is 6.09 Å². The molecule has 0 spiro atoms. The first kappa shape index (κ1) is 28.1. The van der Waals surface area contributed by atoms with Crippen molar-refractivity contribution in [3.05, 3.63) is 71.8 Å². The lowest BCUT2D eigenvalue weighted by molar-refractivity contribution is -0.112. The van der Waals surface area contributed by atoms with Crippen molar-refractivity contribution in [2.45, 2.75) is 71.2 Å². The van der Waals surface area contributed by atoms with Crippen LogP contribution < -0.4 is 5.32 Å². The molecule has 3 unspecified atom stereocenters. The van der Waals surface area contributed by atoms with E-state index in [-0.39, 0.29) is 32.2 Å². The van der Waals surface area contributed by atoms with Gasteiger partial charge in [-0.2, -0.15) is 0 Å². The standard InChI is InChI=1S/C26H38NO6P/c1-21(2)11-9-10-18-34(30,31)24(27-26(29)33-20-23-14-7-4-8-15-23)16-17-25(28)32-19-22-12-5-3-6-13-22/h3-8,12-15,21,24-25,28H,9-11,16-20H2,1-2H3,(H,27,29)(H,30,31). The van der Waals surface area contributed by atoms with Crippen LogP contribution >= 0.6 is 7.37 Å². The second kappa shape index (κ2) is 14.9. The fraction of sp³-hybridized carbons (Fsp3) is 0.500. The number of nitrogens with one attached hydrogen (secondary N) is 1. The number of aliphatic hydroxyl groups is 1. The van der Waals surface area contributed by atoms with Gasteiger partial charge in [0.25, 0.3) is 0 Å². The normalized spacial score (nSPS) is 14.9. The predicted octanol–water partition coefficient (Wildman–Crippen LogP) is 5.65. The quantitative estimate of drug-likeness (QED) is 0.169. The van der Waals surface area contributed by atoms with Crippen LogP contribution in [0.3, 0.4) is 0 Å². The number of rotatable bonds is 15. The summed E-state index contributed by atoms with van der Waals surface area (Å²) in [6, 6.07) is 18.6. The number of benzene rings is 2. The minimum absolute atomic E-state index is 0.0618. The molecule has 2 rings (SSSR count). The first-order valence-corrected chi connectivity index (χ1v) is 13.8. The molecule has 0 heterocycles. The molecule has 0 bridgehead atoms. The number of alkyl carbamates (subject to hydrolysis) is 1. The second-order valence-corrected chi connectivity index (χ2v) is 11.5. The Morgan fingerprint density at radius 2 is 1.50 bits per heavy atom. The number of carbonyl (C=O) groups excluding carboxylic acids is 1. The van der Waals surface area contributed by atoms with E-state index in [9.17, 15) is 19.4 Å². The Bertz CT molecular complexity index is 877. The molecule has 0 saturated heterocycles. The molecule has 7 nitrogen and oxygen atoms in total. The first-order valence-electron chi connectivity index (χ1n) is 11.9. The van der Waals surface area contributed by atoms with E-state index >= 15 is 0 Å². The summed E-state index contributed by atoms with van der Waals surface area (Å²) in [5, 5.41) is 12.8. The summed E-state index contributed by atoms with van der Waals surface area (Å²) in [6.45, 7) is 4.52. The van der Waals surface area contributed by atoms with Crippen molar-refractivity contribution in [1.29, 1.82) is 0 Å². The van der Waals surface area contributed by atoms with Crippen LogP contribution in [-0.2, 0) is 27.3 Å². The summed E-state index contributed by atoms with van der Waals surface area (Å²) in [7, 11) is -3.72. The van der Waals surface area contributed by atoms with Crippen LogP contribution in [0.2, 0.25) is 0 Å². The first-order chi connectivity index (χ1) is 16.3. The maximum absolute atomic E-state index is 13.1. The van der Waals surface area contributed by atoms with E-state index in [0.717, 1.165) is 24.0 Å². The van der Waals surface area contributed by atoms with Crippen molar-refractivity contribution in [3.63, 3.8) is 0 Å². The molecule has 8 heteroatoms. The lowest BCUT2D eigenvalue weighted by Gasteiger charge is -2.25. The molecule has 3 N–H and O–H groups in total. The predicted molar refractivity (Wildman–Crippen MR) is 133 cm³/mol. The van der Waals surface area contributed by atoms with E-state index in [0.29, 0.717) is 12.3 Å². The minimum atomic E-state index is -3.72. The number of hydrogen-bond donors (Lipinski definition) is 3. The zero-order chi connectivity index (χ0) is 24.8. The van der Waals surface area contributed by atoms with Crippen LogP contribution in [-0.4, -0.2) is 34.3 Å². The van der Waals surface area contributed by atoms with Crippen molar-refractivity contribution in [2.75, 3.05) is 6.16 Å². The molecule has 0 aliphatic rings. The van der Waals surface area contributed by atoms with Gasteiger partial charge in [-0.15, -0.1) is 0 Å². The molecule has 188 valence electrons. The maximum Gasteiger partial charge on any atom is 0.408 e. The average Bonchev–Trinajstić information content (AvgIpc) is 2.83. The number of ether oxygens (including phenoxy) is 2. The topological polar surface area (TPSA) is 105 Å². The molecule has 0 aliphatic carbocycles. The third-order valence-corrected chi connectivity index (χ3v) is 7.78. The Morgan fingerprint density at radius 3 is 2.09 bits per heavy atom. The van der Waals surface area contributed by atoms with Gasteiger partial charge in [-0.3, -0.25) is 4.57 Å². The molecule has 34 heavy (non-hydrogen) atoms. The highest BCUT2D eigenvalue weighted by Crippen LogP contribution is 2.48. The van der Waals surface area contributed by atoms with Gasteiger partial charge in [-0.25, -0.2) is 4.79 Å². The second-order valence-electron chi connectivity index (χ2n) is 8.92. The van der Waals surface area contributed by atoms with Crippen LogP contribution in [0.15, 0.2) is 60.7 Å². The Balaban J connectivity index is 1.91. The summed E-state index contributed by atoms with van der Waals surface area (Å²) in [4.78, 5) is 23.1. The van der Waals surface area contributed by atoms with Crippen LogP contribution in [0, 0.1) is 5.92 Å². The van der Waals surface area contributed by atoms with E-state index in [2.05, 4.69) is 19.2 Å². The fourth-order valence-electron chi connectivity index (χ4n) is 3.47. The lowest BCUT2D eigenvalue weighted by Crippen LogP contribution is -2.36. The third kappa shape index (κ3) is 11.3. The molecule has 2 aromatic carbocycles. The van der Waals surface area contributed by atoms with E-state index in [1.807, 2.05) is 60.7 Å². The average molecular weight is 492 g/mol. The Kier molecular flexibility index (Phi) is 12.3. The van der Waals surface area contributed by atoms with Gasteiger partial charge in [0.15, 0.2) is 6.29 Å². The highest BCUT2D eigenvalue weighted by Gasteiger charge is 2.32. The van der Waals surface area contributed by atoms with Gasteiger partial charge in [-0.05, 0) is 29.9 Å². The molecule has 0 saturated carbocycles. The van der Waals surface area contributed by atoms with Crippen molar-refractivity contribution in [2.24, 2.45) is 5.92 Å². The maximum atomic E-state index is 13.1. The van der Waals surface area contributed by atoms with Crippen LogP contribution in [0.5, 0.6) is 0 Å². The van der Waals surface area contributed by atoms with Crippen molar-refractivity contribution < 1.29 is 28.8 Å². The van der Waals surface area contributed by atoms with E-state index < -0.39 is 25.5 Å². The Hall–Kier alpha value is -2.18. The van der Waals surface area contributed by atoms with Gasteiger partial charge < -0.3 is 24.8 Å². The zero-order valence-corrected chi connectivity index (χ0v) is 21.0. The molecule has 2 aromatic rings. The molecule has 3 atom stereocenters. The molecule has 0 radical (unpaired) electrons. The molecule has 0 aromatic heterocycles. The summed E-state index contributed by atoms with van der Waals surface area (Å²) < 4.78 is 23.8. The molecular formula is C26H38NO6P. The van der Waals surface area contributed by atoms with E-state index in [4.69, 9.17) is 9.47 Å². The lowest BCUT2D eigenvalue weighted by atomic mass is 10.1. The molecule has 1 amide bonds. The SMILES string of the molecule is CC(C)CCCCP(=O)(O)C(CCC(O)OCc1ccccc1)NC(=O)OCc1ccccc1. The van der Waals surface area contributed by atoms with Crippen molar-refractivity contribution in [1.82, 2.24) is 5.32 Å². The number of aliphatic hydroxyl groups excluding tert-OH is 1. The van der Waals surface area contributed by atoms with E-state index in [1.54, 1.807) is 0 Å². The fourth-order valence-corrected chi connectivity index (χ4v) is 5.32. The smallest absolute Gasteiger partial charge is 0.408 e. The summed E-state index contributed by atoms with van der Waals surface area (Å²) in [5.74, 6) is -0.498. The highest BCUT2D eigenvalue weighted by atomic mass is 31.2. The summed E-state index contributed by atoms with van der Waals surface area (Å²) >= 11 is 0. The number of carbonyl (C=O) groups is 1. The monoisotopic (exact) mass is 491 g/mol. The van der Waals surface area contributed by atoms with Crippen LogP contribution in [0.25, 0.3) is 0 Å². The molecule has 0 aliphatic heterocycles. The van der Waals surface area contributed by atoms with Crippen LogP contribution in [0.1, 0.15) is 57.1 Å². The number of hydrogen-bond acceptors (Lipinski definition) is 5. The molecular weight excluding hydrogens is 453 g/mol. The van der Waals surface area contributed by atoms with Gasteiger partial charge in [0.05, 0.1) is 6.61 Å². The Labute approximate surface area is 203 Å². The van der Waals surface area contributed by atoms with Gasteiger partial charge in [0, 0.05) is 12.6 Å². The Morgan fingerprint density at radius 1 is 0.912 bits per heavy atom. The summed E-state index contributed by atoms with van der Waals surface area (Å²) in [6.07, 6.45) is 0.831. The summed E-state index contributed by atoms with van der Waals surface area (Å²) in [5.41, 5.74) is 1.73. The number of amides is 1. The van der Waals surface area contributed by atoms with Gasteiger partial charge in [0.2, 0.25) is 7.37 Å². The van der Waals surface area contributed by atoms with E-state index in [1.165, 1.54) is 0 Å². The van der Waals surface area contributed by atoms with Gasteiger partial charge in [-0.1, -0.05) is 87.4 Å². The van der Waals surface area contributed by atoms with Crippen molar-refractivity contribution >= 4 is 13.5 Å². The zero-order valence-electron chi connectivity index (χ0n) is 20.1. The minimum Gasteiger partial charge on any atom is -0.445 e. The molecule has 0 fully saturated rings. The van der Waals surface area contributed by atoms with Gasteiger partial charge in [0.1, 0.15) is 12.4 Å². The third-order valence-electron chi connectivity index (χ3n) is 5.47.